The first kappa shape index (κ1) is 13.6. The van der Waals surface area contributed by atoms with Gasteiger partial charge in [0.15, 0.2) is 0 Å². The topological polar surface area (TPSA) is 68.0 Å². The van der Waals surface area contributed by atoms with E-state index < -0.39 is 0 Å². The third-order valence-corrected chi connectivity index (χ3v) is 3.67. The van der Waals surface area contributed by atoms with Gasteiger partial charge in [-0.2, -0.15) is 0 Å². The molecule has 0 radical (unpaired) electrons. The van der Waals surface area contributed by atoms with E-state index in [4.69, 9.17) is 28.9 Å². The van der Waals surface area contributed by atoms with E-state index in [1.807, 2.05) is 0 Å². The molecule has 0 saturated heterocycles. The molecule has 1 aliphatic rings. The molecule has 1 aromatic heterocycles. The van der Waals surface area contributed by atoms with Gasteiger partial charge in [0.1, 0.15) is 10.3 Å². The summed E-state index contributed by atoms with van der Waals surface area (Å²) in [5, 5.41) is 3.36. The van der Waals surface area contributed by atoms with Crippen molar-refractivity contribution in [1.82, 2.24) is 10.3 Å². The minimum atomic E-state index is -0.204. The van der Waals surface area contributed by atoms with Gasteiger partial charge < -0.3 is 11.1 Å². The average molecular weight is 288 g/mol. The second-order valence-corrected chi connectivity index (χ2v) is 5.30. The molecule has 0 aliphatic heterocycles. The largest absolute Gasteiger partial charge is 0.349 e. The Hall–Kier alpha value is -0.840. The van der Waals surface area contributed by atoms with Crippen LogP contribution in [0.3, 0.4) is 0 Å². The van der Waals surface area contributed by atoms with E-state index in [-0.39, 0.29) is 28.3 Å². The third kappa shape index (κ3) is 3.34. The van der Waals surface area contributed by atoms with E-state index in [2.05, 4.69) is 10.3 Å². The number of amides is 1. The molecule has 1 saturated carbocycles. The van der Waals surface area contributed by atoms with Gasteiger partial charge in [-0.05, 0) is 37.8 Å². The van der Waals surface area contributed by atoms with Crippen LogP contribution < -0.4 is 11.1 Å². The first-order valence-corrected chi connectivity index (χ1v) is 6.70. The molecule has 1 amide bonds. The van der Waals surface area contributed by atoms with Crippen molar-refractivity contribution >= 4 is 29.1 Å². The van der Waals surface area contributed by atoms with Gasteiger partial charge in [-0.15, -0.1) is 0 Å². The summed E-state index contributed by atoms with van der Waals surface area (Å²) in [6, 6.07) is 3.57. The number of carbonyl (C=O) groups excluding carboxylic acids is 1. The molecule has 1 aromatic rings. The molecular weight excluding hydrogens is 273 g/mol. The molecule has 98 valence electrons. The molecule has 18 heavy (non-hydrogen) atoms. The Kier molecular flexibility index (Phi) is 4.43. The minimum Gasteiger partial charge on any atom is -0.349 e. The van der Waals surface area contributed by atoms with Gasteiger partial charge in [-0.3, -0.25) is 4.79 Å². The maximum Gasteiger partial charge on any atom is 0.254 e. The number of pyridine rings is 1. The van der Waals surface area contributed by atoms with Crippen molar-refractivity contribution in [2.75, 3.05) is 0 Å². The van der Waals surface area contributed by atoms with Crippen LogP contribution in [0.5, 0.6) is 0 Å². The van der Waals surface area contributed by atoms with Gasteiger partial charge in [0.25, 0.3) is 5.91 Å². The number of nitrogens with two attached hydrogens (primary N) is 1. The Morgan fingerprint density at radius 2 is 1.94 bits per heavy atom. The van der Waals surface area contributed by atoms with Crippen LogP contribution in [0, 0.1) is 0 Å². The minimum absolute atomic E-state index is 0.132. The first-order valence-electron chi connectivity index (χ1n) is 5.94. The van der Waals surface area contributed by atoms with E-state index in [0.29, 0.717) is 5.56 Å². The van der Waals surface area contributed by atoms with Crippen LogP contribution in [0.4, 0.5) is 0 Å². The number of nitrogens with one attached hydrogen (secondary N) is 1. The molecule has 6 heteroatoms. The number of nitrogens with zero attached hydrogens (tertiary/aromatic N) is 1. The zero-order chi connectivity index (χ0) is 13.1. The summed E-state index contributed by atoms with van der Waals surface area (Å²) in [5.41, 5.74) is 6.18. The highest BCUT2D eigenvalue weighted by Crippen LogP contribution is 2.20. The second-order valence-electron chi connectivity index (χ2n) is 4.56. The predicted octanol–water partition coefficient (Wildman–Crippen LogP) is 2.39. The van der Waals surface area contributed by atoms with Crippen molar-refractivity contribution < 1.29 is 4.79 Å². The maximum atomic E-state index is 12.0. The number of hydrogen-bond donors (Lipinski definition) is 2. The van der Waals surface area contributed by atoms with Crippen molar-refractivity contribution in [3.8, 4) is 0 Å². The van der Waals surface area contributed by atoms with E-state index in [9.17, 15) is 4.79 Å². The Labute approximate surface area is 116 Å². The van der Waals surface area contributed by atoms with Crippen LogP contribution in [-0.2, 0) is 0 Å². The SMILES string of the molecule is NC1CCC(NC(=O)c2ccc(Cl)nc2Cl)CC1. The lowest BCUT2D eigenvalue weighted by molar-refractivity contribution is 0.0925. The lowest BCUT2D eigenvalue weighted by atomic mass is 9.92. The van der Waals surface area contributed by atoms with Crippen LogP contribution in [0.15, 0.2) is 12.1 Å². The van der Waals surface area contributed by atoms with Crippen molar-refractivity contribution in [3.63, 3.8) is 0 Å². The van der Waals surface area contributed by atoms with E-state index in [1.54, 1.807) is 12.1 Å². The number of halogens is 2. The molecular formula is C12H15Cl2N3O. The zero-order valence-corrected chi connectivity index (χ0v) is 11.3. The highest BCUT2D eigenvalue weighted by atomic mass is 35.5. The third-order valence-electron chi connectivity index (χ3n) is 3.17. The van der Waals surface area contributed by atoms with E-state index in [1.165, 1.54) is 0 Å². The Bertz CT molecular complexity index is 445. The highest BCUT2D eigenvalue weighted by Gasteiger charge is 2.21. The Balaban J connectivity index is 1.99. The number of aromatic nitrogens is 1. The van der Waals surface area contributed by atoms with Gasteiger partial charge in [0.2, 0.25) is 0 Å². The van der Waals surface area contributed by atoms with Gasteiger partial charge in [0, 0.05) is 12.1 Å². The van der Waals surface area contributed by atoms with Crippen molar-refractivity contribution in [2.45, 2.75) is 37.8 Å². The molecule has 0 aromatic carbocycles. The summed E-state index contributed by atoms with van der Waals surface area (Å²) >= 11 is 11.6. The number of rotatable bonds is 2. The zero-order valence-electron chi connectivity index (χ0n) is 9.83. The lowest BCUT2D eigenvalue weighted by Crippen LogP contribution is -2.40. The molecule has 0 bridgehead atoms. The molecule has 0 unspecified atom stereocenters. The Morgan fingerprint density at radius 3 is 2.56 bits per heavy atom. The van der Waals surface area contributed by atoms with E-state index >= 15 is 0 Å². The average Bonchev–Trinajstić information content (AvgIpc) is 2.32. The van der Waals surface area contributed by atoms with Crippen LogP contribution >= 0.6 is 23.2 Å². The predicted molar refractivity (Wildman–Crippen MR) is 72.0 cm³/mol. The molecule has 0 spiro atoms. The summed E-state index contributed by atoms with van der Waals surface area (Å²) in [7, 11) is 0. The van der Waals surface area contributed by atoms with Crippen LogP contribution in [0.1, 0.15) is 36.0 Å². The second kappa shape index (κ2) is 5.87. The van der Waals surface area contributed by atoms with Gasteiger partial charge in [0.05, 0.1) is 5.56 Å². The monoisotopic (exact) mass is 287 g/mol. The summed E-state index contributed by atoms with van der Waals surface area (Å²) < 4.78 is 0. The standard InChI is InChI=1S/C12H15Cl2N3O/c13-10-6-5-9(11(14)17-10)12(18)16-8-3-1-7(15)2-4-8/h5-8H,1-4,15H2,(H,16,18). The molecule has 0 atom stereocenters. The Morgan fingerprint density at radius 1 is 1.28 bits per heavy atom. The van der Waals surface area contributed by atoms with Crippen LogP contribution in [0.2, 0.25) is 10.3 Å². The summed E-state index contributed by atoms with van der Waals surface area (Å²) in [4.78, 5) is 15.9. The highest BCUT2D eigenvalue weighted by molar-refractivity contribution is 6.34. The molecule has 1 aliphatic carbocycles. The molecule has 1 fully saturated rings. The first-order chi connectivity index (χ1) is 8.56. The molecule has 3 N–H and O–H groups in total. The van der Waals surface area contributed by atoms with Gasteiger partial charge in [-0.1, -0.05) is 23.2 Å². The molecule has 2 rings (SSSR count). The fourth-order valence-electron chi connectivity index (χ4n) is 2.11. The van der Waals surface area contributed by atoms with Crippen molar-refractivity contribution in [2.24, 2.45) is 5.73 Å². The van der Waals surface area contributed by atoms with Gasteiger partial charge in [-0.25, -0.2) is 4.98 Å². The molecule has 1 heterocycles. The number of hydrogen-bond acceptors (Lipinski definition) is 3. The van der Waals surface area contributed by atoms with Crippen molar-refractivity contribution in [1.29, 1.82) is 0 Å². The molecule has 4 nitrogen and oxygen atoms in total. The van der Waals surface area contributed by atoms with Crippen LogP contribution in [-0.4, -0.2) is 23.0 Å². The smallest absolute Gasteiger partial charge is 0.254 e. The lowest BCUT2D eigenvalue weighted by Gasteiger charge is -2.26. The fraction of sp³-hybridized carbons (Fsp3) is 0.500. The maximum absolute atomic E-state index is 12.0. The van der Waals surface area contributed by atoms with Gasteiger partial charge >= 0.3 is 0 Å². The van der Waals surface area contributed by atoms with E-state index in [0.717, 1.165) is 25.7 Å². The number of carbonyl (C=O) groups is 1. The van der Waals surface area contributed by atoms with Crippen LogP contribution in [0.25, 0.3) is 0 Å². The quantitative estimate of drug-likeness (QED) is 0.821. The normalized spacial score (nSPS) is 23.7. The summed E-state index contributed by atoms with van der Waals surface area (Å²) in [5.74, 6) is -0.204. The fourth-order valence-corrected chi connectivity index (χ4v) is 2.54. The summed E-state index contributed by atoms with van der Waals surface area (Å²) in [6.07, 6.45) is 3.70. The van der Waals surface area contributed by atoms with Crippen molar-refractivity contribution in [3.05, 3.63) is 28.0 Å². The summed E-state index contributed by atoms with van der Waals surface area (Å²) in [6.45, 7) is 0.